The van der Waals surface area contributed by atoms with Crippen LogP contribution in [0.2, 0.25) is 0 Å². The van der Waals surface area contributed by atoms with Crippen molar-refractivity contribution in [3.05, 3.63) is 48.6 Å². The summed E-state index contributed by atoms with van der Waals surface area (Å²) in [5.74, 6) is -0.634. The van der Waals surface area contributed by atoms with Crippen molar-refractivity contribution in [3.63, 3.8) is 0 Å². The van der Waals surface area contributed by atoms with Crippen LogP contribution >= 0.6 is 0 Å². The number of hydrogen-bond donors (Lipinski definition) is 2. The van der Waals surface area contributed by atoms with Crippen molar-refractivity contribution in [2.24, 2.45) is 17.8 Å². The van der Waals surface area contributed by atoms with Crippen molar-refractivity contribution < 1.29 is 19.7 Å². The van der Waals surface area contributed by atoms with E-state index in [1.165, 1.54) is 0 Å². The second kappa shape index (κ2) is 12.7. The summed E-state index contributed by atoms with van der Waals surface area (Å²) < 4.78 is 5.64. The number of ether oxygens (including phenoxy) is 1. The smallest absolute Gasteiger partial charge is 0.307 e. The molecule has 1 rings (SSSR count). The lowest BCUT2D eigenvalue weighted by atomic mass is 9.93. The molecule has 0 bridgehead atoms. The highest BCUT2D eigenvalue weighted by atomic mass is 16.6. The minimum Gasteiger partial charge on any atom is -0.455 e. The van der Waals surface area contributed by atoms with E-state index in [2.05, 4.69) is 13.5 Å². The fourth-order valence-electron chi connectivity index (χ4n) is 3.03. The number of unbranched alkanes of at least 4 members (excludes halogenated alkanes) is 1. The van der Waals surface area contributed by atoms with Crippen LogP contribution in [0.1, 0.15) is 59.8 Å². The molecule has 0 aromatic rings. The number of aliphatic hydroxyl groups excluding tert-OH is 2. The second-order valence-corrected chi connectivity index (χ2v) is 7.99. The number of allylic oxidation sites excluding steroid dienone is 3. The van der Waals surface area contributed by atoms with Crippen molar-refractivity contribution in [1.29, 1.82) is 0 Å². The Balaban J connectivity index is 3.02. The third kappa shape index (κ3) is 8.57. The van der Waals surface area contributed by atoms with Crippen LogP contribution in [-0.2, 0) is 9.53 Å². The quantitative estimate of drug-likeness (QED) is 0.526. The predicted molar refractivity (Wildman–Crippen MR) is 115 cm³/mol. The van der Waals surface area contributed by atoms with E-state index in [1.807, 2.05) is 45.1 Å². The Kier molecular flexibility index (Phi) is 11.1. The normalized spacial score (nSPS) is 30.1. The fraction of sp³-hybridized carbons (Fsp3) is 0.625. The molecular formula is C24H38O4. The average Bonchev–Trinajstić information content (AvgIpc) is 2.66. The minimum absolute atomic E-state index is 0.0105. The maximum Gasteiger partial charge on any atom is 0.307 e. The van der Waals surface area contributed by atoms with E-state index in [-0.39, 0.29) is 30.1 Å². The fourth-order valence-corrected chi connectivity index (χ4v) is 3.03. The predicted octanol–water partition coefficient (Wildman–Crippen LogP) is 4.74. The van der Waals surface area contributed by atoms with Crippen LogP contribution in [0.4, 0.5) is 0 Å². The van der Waals surface area contributed by atoms with Gasteiger partial charge in [0.1, 0.15) is 12.2 Å². The van der Waals surface area contributed by atoms with Crippen LogP contribution in [0, 0.1) is 17.8 Å². The zero-order chi connectivity index (χ0) is 21.1. The first-order chi connectivity index (χ1) is 13.3. The number of carbonyl (C=O) groups excluding carboxylic acids is 1. The van der Waals surface area contributed by atoms with Gasteiger partial charge >= 0.3 is 5.97 Å². The molecule has 0 amide bonds. The molecule has 0 spiro atoms. The van der Waals surface area contributed by atoms with Gasteiger partial charge < -0.3 is 14.9 Å². The highest BCUT2D eigenvalue weighted by Crippen LogP contribution is 2.22. The molecule has 158 valence electrons. The number of cyclic esters (lactones) is 1. The summed E-state index contributed by atoms with van der Waals surface area (Å²) >= 11 is 0. The summed E-state index contributed by atoms with van der Waals surface area (Å²) in [6.45, 7) is 12.0. The van der Waals surface area contributed by atoms with Crippen molar-refractivity contribution in [3.8, 4) is 0 Å². The Hall–Kier alpha value is -1.65. The Bertz CT molecular complexity index is 575. The zero-order valence-electron chi connectivity index (χ0n) is 17.9. The van der Waals surface area contributed by atoms with Gasteiger partial charge in [-0.1, -0.05) is 76.6 Å². The highest BCUT2D eigenvalue weighted by Gasteiger charge is 2.26. The van der Waals surface area contributed by atoms with Crippen LogP contribution < -0.4 is 0 Å². The Morgan fingerprint density at radius 2 is 2.04 bits per heavy atom. The standard InChI is InChI=1S/C24H38O4/c1-6-7-8-12-19(4)24(27)22-15-14-18(3)21(25)13-10-9-11-17(2)20(5)16-23(26)28-22/h8,10,12-15,18-22,24-25,27H,2,6-7,9,11,16H2,1,3-5H3. The molecule has 1 heterocycles. The molecule has 0 saturated heterocycles. The van der Waals surface area contributed by atoms with Gasteiger partial charge in [-0.2, -0.15) is 0 Å². The Labute approximate surface area is 170 Å². The number of esters is 1. The monoisotopic (exact) mass is 390 g/mol. The summed E-state index contributed by atoms with van der Waals surface area (Å²) in [7, 11) is 0. The van der Waals surface area contributed by atoms with Crippen LogP contribution in [0.25, 0.3) is 0 Å². The van der Waals surface area contributed by atoms with Gasteiger partial charge in [0.25, 0.3) is 0 Å². The number of rotatable bonds is 5. The lowest BCUT2D eigenvalue weighted by Crippen LogP contribution is -2.34. The van der Waals surface area contributed by atoms with E-state index in [0.717, 1.165) is 31.3 Å². The van der Waals surface area contributed by atoms with Crippen LogP contribution in [0.3, 0.4) is 0 Å². The lowest BCUT2D eigenvalue weighted by Gasteiger charge is -2.25. The van der Waals surface area contributed by atoms with Gasteiger partial charge in [-0.3, -0.25) is 4.79 Å². The van der Waals surface area contributed by atoms with E-state index in [0.29, 0.717) is 0 Å². The van der Waals surface area contributed by atoms with Crippen molar-refractivity contribution >= 4 is 5.97 Å². The molecule has 4 heteroatoms. The first kappa shape index (κ1) is 24.4. The van der Waals surface area contributed by atoms with Crippen LogP contribution in [-0.4, -0.2) is 34.5 Å². The summed E-state index contributed by atoms with van der Waals surface area (Å²) in [6.07, 6.45) is 12.9. The highest BCUT2D eigenvalue weighted by molar-refractivity contribution is 5.70. The molecule has 1 aliphatic heterocycles. The summed E-state index contributed by atoms with van der Waals surface area (Å²) in [5, 5.41) is 21.1. The first-order valence-corrected chi connectivity index (χ1v) is 10.5. The topological polar surface area (TPSA) is 66.8 Å². The Morgan fingerprint density at radius 3 is 2.71 bits per heavy atom. The molecule has 0 fully saturated rings. The molecular weight excluding hydrogens is 352 g/mol. The SMILES string of the molecule is C=C1CCC=CC(O)C(C)C=CC(C(O)C(C)C=CCCC)OC(=O)CC1C. The van der Waals surface area contributed by atoms with E-state index in [9.17, 15) is 15.0 Å². The molecule has 6 unspecified atom stereocenters. The largest absolute Gasteiger partial charge is 0.455 e. The molecule has 0 aromatic heterocycles. The van der Waals surface area contributed by atoms with E-state index in [1.54, 1.807) is 12.2 Å². The maximum atomic E-state index is 12.5. The summed E-state index contributed by atoms with van der Waals surface area (Å²) in [5.41, 5.74) is 0.990. The maximum absolute atomic E-state index is 12.5. The molecule has 4 nitrogen and oxygen atoms in total. The van der Waals surface area contributed by atoms with Gasteiger partial charge in [-0.15, -0.1) is 0 Å². The van der Waals surface area contributed by atoms with Crippen LogP contribution in [0.15, 0.2) is 48.6 Å². The average molecular weight is 391 g/mol. The molecule has 0 aliphatic carbocycles. The van der Waals surface area contributed by atoms with Gasteiger partial charge in [-0.25, -0.2) is 0 Å². The molecule has 28 heavy (non-hydrogen) atoms. The molecule has 0 saturated carbocycles. The Morgan fingerprint density at radius 1 is 1.32 bits per heavy atom. The molecule has 1 aliphatic rings. The van der Waals surface area contributed by atoms with Gasteiger partial charge in [0.15, 0.2) is 0 Å². The third-order valence-corrected chi connectivity index (χ3v) is 5.32. The summed E-state index contributed by atoms with van der Waals surface area (Å²) in [4.78, 5) is 12.5. The third-order valence-electron chi connectivity index (χ3n) is 5.32. The number of carbonyl (C=O) groups is 1. The minimum atomic E-state index is -0.848. The van der Waals surface area contributed by atoms with Crippen molar-refractivity contribution in [2.75, 3.05) is 0 Å². The number of aliphatic hydroxyl groups is 2. The molecule has 2 N–H and O–H groups in total. The first-order valence-electron chi connectivity index (χ1n) is 10.5. The van der Waals surface area contributed by atoms with Gasteiger partial charge in [0.05, 0.1) is 12.5 Å². The van der Waals surface area contributed by atoms with E-state index >= 15 is 0 Å². The molecule has 6 atom stereocenters. The molecule has 0 radical (unpaired) electrons. The van der Waals surface area contributed by atoms with Gasteiger partial charge in [0.2, 0.25) is 0 Å². The zero-order valence-corrected chi connectivity index (χ0v) is 17.9. The lowest BCUT2D eigenvalue weighted by molar-refractivity contribution is -0.153. The van der Waals surface area contributed by atoms with Gasteiger partial charge in [0, 0.05) is 11.8 Å². The van der Waals surface area contributed by atoms with E-state index in [4.69, 9.17) is 4.74 Å². The van der Waals surface area contributed by atoms with Gasteiger partial charge in [-0.05, 0) is 31.3 Å². The summed E-state index contributed by atoms with van der Waals surface area (Å²) in [6, 6.07) is 0. The van der Waals surface area contributed by atoms with E-state index < -0.39 is 18.3 Å². The van der Waals surface area contributed by atoms with Crippen LogP contribution in [0.5, 0.6) is 0 Å². The van der Waals surface area contributed by atoms with Crippen molar-refractivity contribution in [1.82, 2.24) is 0 Å². The van der Waals surface area contributed by atoms with Crippen molar-refractivity contribution in [2.45, 2.75) is 78.1 Å². The number of hydrogen-bond acceptors (Lipinski definition) is 4. The second-order valence-electron chi connectivity index (χ2n) is 7.99. The molecule has 0 aromatic carbocycles.